The van der Waals surface area contributed by atoms with Crippen LogP contribution in [0.5, 0.6) is 5.75 Å². The third-order valence-electron chi connectivity index (χ3n) is 3.02. The fourth-order valence-electron chi connectivity index (χ4n) is 1.85. The van der Waals surface area contributed by atoms with Crippen molar-refractivity contribution in [3.8, 4) is 5.75 Å². The molecule has 0 aromatic heterocycles. The molecular formula is C16H13Cl3O2. The Labute approximate surface area is 138 Å². The van der Waals surface area contributed by atoms with Crippen molar-refractivity contribution in [1.29, 1.82) is 0 Å². The molecule has 0 aliphatic rings. The molecule has 5 heteroatoms. The third-order valence-corrected chi connectivity index (χ3v) is 3.80. The van der Waals surface area contributed by atoms with Crippen molar-refractivity contribution in [3.63, 3.8) is 0 Å². The van der Waals surface area contributed by atoms with E-state index in [1.807, 2.05) is 13.0 Å². The Morgan fingerprint density at radius 3 is 2.33 bits per heavy atom. The van der Waals surface area contributed by atoms with Crippen LogP contribution in [-0.4, -0.2) is 11.9 Å². The summed E-state index contributed by atoms with van der Waals surface area (Å²) in [6, 6.07) is 10.0. The highest BCUT2D eigenvalue weighted by Crippen LogP contribution is 2.26. The van der Waals surface area contributed by atoms with Gasteiger partial charge in [0.1, 0.15) is 5.75 Å². The number of carbonyl (C=O) groups excluding carboxylic acids is 1. The molecule has 0 amide bonds. The SMILES string of the molecule is Cc1ccc(Cl)cc1OC(C)C(=O)c1ccc(Cl)cc1Cl. The van der Waals surface area contributed by atoms with Crippen LogP contribution in [0.2, 0.25) is 15.1 Å². The van der Waals surface area contributed by atoms with Gasteiger partial charge in [-0.1, -0.05) is 40.9 Å². The van der Waals surface area contributed by atoms with E-state index in [-0.39, 0.29) is 5.78 Å². The lowest BCUT2D eigenvalue weighted by Gasteiger charge is -2.16. The Kier molecular flexibility index (Phi) is 5.15. The third kappa shape index (κ3) is 3.91. The van der Waals surface area contributed by atoms with Crippen LogP contribution in [0.4, 0.5) is 0 Å². The first-order chi connectivity index (χ1) is 9.88. The summed E-state index contributed by atoms with van der Waals surface area (Å²) in [6.07, 6.45) is -0.680. The zero-order chi connectivity index (χ0) is 15.6. The molecule has 0 radical (unpaired) electrons. The molecule has 0 fully saturated rings. The summed E-state index contributed by atoms with van der Waals surface area (Å²) in [6.45, 7) is 3.56. The molecule has 2 nitrogen and oxygen atoms in total. The fourth-order valence-corrected chi connectivity index (χ4v) is 2.52. The highest BCUT2D eigenvalue weighted by molar-refractivity contribution is 6.37. The van der Waals surface area contributed by atoms with Gasteiger partial charge >= 0.3 is 0 Å². The van der Waals surface area contributed by atoms with Crippen molar-refractivity contribution >= 4 is 40.6 Å². The van der Waals surface area contributed by atoms with Gasteiger partial charge in [-0.05, 0) is 49.7 Å². The van der Waals surface area contributed by atoms with Crippen molar-refractivity contribution in [2.75, 3.05) is 0 Å². The lowest BCUT2D eigenvalue weighted by atomic mass is 10.1. The van der Waals surface area contributed by atoms with Gasteiger partial charge in [0, 0.05) is 15.6 Å². The van der Waals surface area contributed by atoms with Gasteiger partial charge < -0.3 is 4.74 Å². The van der Waals surface area contributed by atoms with Gasteiger partial charge in [0.25, 0.3) is 0 Å². The molecule has 0 saturated carbocycles. The molecule has 0 aliphatic heterocycles. The lowest BCUT2D eigenvalue weighted by Crippen LogP contribution is -2.24. The maximum absolute atomic E-state index is 12.4. The molecule has 1 atom stereocenters. The second kappa shape index (κ2) is 6.69. The number of halogens is 3. The van der Waals surface area contributed by atoms with Crippen LogP contribution in [0.1, 0.15) is 22.8 Å². The summed E-state index contributed by atoms with van der Waals surface area (Å²) in [5.41, 5.74) is 1.29. The minimum absolute atomic E-state index is 0.212. The second-order valence-corrected chi connectivity index (χ2v) is 5.94. The van der Waals surface area contributed by atoms with Crippen molar-refractivity contribution < 1.29 is 9.53 Å². The summed E-state index contributed by atoms with van der Waals surface area (Å²) in [4.78, 5) is 12.4. The summed E-state index contributed by atoms with van der Waals surface area (Å²) in [5, 5.41) is 1.35. The average molecular weight is 344 g/mol. The first-order valence-electron chi connectivity index (χ1n) is 6.30. The van der Waals surface area contributed by atoms with Crippen molar-refractivity contribution in [2.45, 2.75) is 20.0 Å². The predicted octanol–water partition coefficient (Wildman–Crippen LogP) is 5.61. The van der Waals surface area contributed by atoms with Crippen molar-refractivity contribution in [2.24, 2.45) is 0 Å². The maximum Gasteiger partial charge on any atom is 0.204 e. The summed E-state index contributed by atoms with van der Waals surface area (Å²) in [7, 11) is 0. The van der Waals surface area contributed by atoms with E-state index in [0.29, 0.717) is 26.4 Å². The molecule has 0 N–H and O–H groups in total. The van der Waals surface area contributed by atoms with E-state index in [2.05, 4.69) is 0 Å². The number of carbonyl (C=O) groups is 1. The summed E-state index contributed by atoms with van der Waals surface area (Å²) < 4.78 is 5.70. The van der Waals surface area contributed by atoms with E-state index in [0.717, 1.165) is 5.56 Å². The van der Waals surface area contributed by atoms with E-state index in [1.165, 1.54) is 6.07 Å². The van der Waals surface area contributed by atoms with Gasteiger partial charge in [0.2, 0.25) is 5.78 Å². The van der Waals surface area contributed by atoms with Crippen LogP contribution in [0.3, 0.4) is 0 Å². The Balaban J connectivity index is 2.21. The zero-order valence-electron chi connectivity index (χ0n) is 11.5. The molecule has 2 rings (SSSR count). The second-order valence-electron chi connectivity index (χ2n) is 4.66. The van der Waals surface area contributed by atoms with Crippen molar-refractivity contribution in [1.82, 2.24) is 0 Å². The highest BCUT2D eigenvalue weighted by Gasteiger charge is 2.20. The van der Waals surface area contributed by atoms with Gasteiger partial charge in [-0.15, -0.1) is 0 Å². The van der Waals surface area contributed by atoms with Crippen LogP contribution in [0.15, 0.2) is 36.4 Å². The van der Waals surface area contributed by atoms with E-state index < -0.39 is 6.10 Å². The number of hydrogen-bond donors (Lipinski definition) is 0. The Morgan fingerprint density at radius 1 is 1.05 bits per heavy atom. The fraction of sp³-hybridized carbons (Fsp3) is 0.188. The smallest absolute Gasteiger partial charge is 0.204 e. The first kappa shape index (κ1) is 16.2. The van der Waals surface area contributed by atoms with E-state index in [1.54, 1.807) is 31.2 Å². The Bertz CT molecular complexity index is 683. The van der Waals surface area contributed by atoms with E-state index in [4.69, 9.17) is 39.5 Å². The molecule has 0 heterocycles. The number of hydrogen-bond acceptors (Lipinski definition) is 2. The van der Waals surface area contributed by atoms with E-state index >= 15 is 0 Å². The van der Waals surface area contributed by atoms with Gasteiger partial charge in [0.05, 0.1) is 5.02 Å². The minimum Gasteiger partial charge on any atom is -0.482 e. The molecule has 2 aromatic carbocycles. The average Bonchev–Trinajstić information content (AvgIpc) is 2.42. The molecule has 0 bridgehead atoms. The molecule has 0 saturated heterocycles. The van der Waals surface area contributed by atoms with Gasteiger partial charge in [-0.3, -0.25) is 4.79 Å². The number of Topliss-reactive ketones (excluding diaryl/α,β-unsaturated/α-hetero) is 1. The van der Waals surface area contributed by atoms with Crippen LogP contribution < -0.4 is 4.74 Å². The summed E-state index contributed by atoms with van der Waals surface area (Å²) >= 11 is 17.8. The number of rotatable bonds is 4. The normalized spacial score (nSPS) is 12.0. The molecule has 110 valence electrons. The van der Waals surface area contributed by atoms with Crippen LogP contribution in [-0.2, 0) is 0 Å². The van der Waals surface area contributed by atoms with Crippen molar-refractivity contribution in [3.05, 3.63) is 62.6 Å². The minimum atomic E-state index is -0.680. The van der Waals surface area contributed by atoms with Crippen LogP contribution in [0.25, 0.3) is 0 Å². The summed E-state index contributed by atoms with van der Waals surface area (Å²) in [5.74, 6) is 0.365. The Morgan fingerprint density at radius 2 is 1.67 bits per heavy atom. The zero-order valence-corrected chi connectivity index (χ0v) is 13.8. The molecular weight excluding hydrogens is 331 g/mol. The Hall–Kier alpha value is -1.22. The number of ketones is 1. The lowest BCUT2D eigenvalue weighted by molar-refractivity contribution is 0.0817. The maximum atomic E-state index is 12.4. The van der Waals surface area contributed by atoms with E-state index in [9.17, 15) is 4.79 Å². The van der Waals surface area contributed by atoms with Gasteiger partial charge in [-0.25, -0.2) is 0 Å². The predicted molar refractivity (Wildman–Crippen MR) is 87.1 cm³/mol. The number of ether oxygens (including phenoxy) is 1. The topological polar surface area (TPSA) is 26.3 Å². The number of benzene rings is 2. The number of aryl methyl sites for hydroxylation is 1. The molecule has 1 unspecified atom stereocenters. The highest BCUT2D eigenvalue weighted by atomic mass is 35.5. The molecule has 2 aromatic rings. The molecule has 0 spiro atoms. The quantitative estimate of drug-likeness (QED) is 0.675. The first-order valence-corrected chi connectivity index (χ1v) is 7.44. The molecule has 0 aliphatic carbocycles. The molecule has 21 heavy (non-hydrogen) atoms. The van der Waals surface area contributed by atoms with Gasteiger partial charge in [-0.2, -0.15) is 0 Å². The van der Waals surface area contributed by atoms with Crippen LogP contribution >= 0.6 is 34.8 Å². The largest absolute Gasteiger partial charge is 0.482 e. The van der Waals surface area contributed by atoms with Crippen LogP contribution in [0, 0.1) is 6.92 Å². The standard InChI is InChI=1S/C16H13Cl3O2/c1-9-3-4-12(18)8-15(9)21-10(2)16(20)13-6-5-11(17)7-14(13)19/h3-8,10H,1-2H3. The van der Waals surface area contributed by atoms with Gasteiger partial charge in [0.15, 0.2) is 6.10 Å². The monoisotopic (exact) mass is 342 g/mol.